The van der Waals surface area contributed by atoms with Gasteiger partial charge in [-0.1, -0.05) is 12.7 Å². The summed E-state index contributed by atoms with van der Waals surface area (Å²) < 4.78 is 0. The first-order valence-electron chi connectivity index (χ1n) is 5.30. The Morgan fingerprint density at radius 3 is 2.56 bits per heavy atom. The van der Waals surface area contributed by atoms with Crippen LogP contribution >= 0.6 is 0 Å². The van der Waals surface area contributed by atoms with E-state index in [1.807, 2.05) is 4.90 Å². The first kappa shape index (κ1) is 12.4. The number of nitro groups is 1. The van der Waals surface area contributed by atoms with Crippen molar-refractivity contribution in [1.82, 2.24) is 10.2 Å². The van der Waals surface area contributed by atoms with Gasteiger partial charge in [-0.15, -0.1) is 0 Å². The fraction of sp³-hybridized carbons (Fsp3) is 0.455. The standard InChI is InChI=1S/C11H17N3O2/c1-3-5-11(10(4-2)14(15)16)13-8-6-12-7-9-13/h3-5,12H,1,6-9H2,2H3/b10-4+,11-5+. The van der Waals surface area contributed by atoms with E-state index in [2.05, 4.69) is 11.9 Å². The molecule has 0 spiro atoms. The summed E-state index contributed by atoms with van der Waals surface area (Å²) in [5, 5.41) is 14.1. The lowest BCUT2D eigenvalue weighted by atomic mass is 10.2. The van der Waals surface area contributed by atoms with Crippen molar-refractivity contribution >= 4 is 0 Å². The molecule has 1 fully saturated rings. The second-order valence-corrected chi connectivity index (χ2v) is 3.46. The minimum absolute atomic E-state index is 0.141. The largest absolute Gasteiger partial charge is 0.363 e. The SMILES string of the molecule is C=C/C=C(\C(=C/C)[N+](=O)[O-])N1CCNCC1. The van der Waals surface area contributed by atoms with Crippen LogP contribution in [0.4, 0.5) is 0 Å². The molecule has 0 bridgehead atoms. The molecule has 88 valence electrons. The van der Waals surface area contributed by atoms with Crippen LogP contribution in [0.1, 0.15) is 6.92 Å². The second-order valence-electron chi connectivity index (χ2n) is 3.46. The number of nitrogens with one attached hydrogen (secondary N) is 1. The molecular weight excluding hydrogens is 206 g/mol. The predicted molar refractivity (Wildman–Crippen MR) is 63.5 cm³/mol. The Kier molecular flexibility index (Phi) is 4.72. The summed E-state index contributed by atoms with van der Waals surface area (Å²) in [7, 11) is 0. The summed E-state index contributed by atoms with van der Waals surface area (Å²) in [6.45, 7) is 8.55. The molecule has 0 aromatic heterocycles. The van der Waals surface area contributed by atoms with E-state index in [4.69, 9.17) is 0 Å². The van der Waals surface area contributed by atoms with E-state index in [0.29, 0.717) is 5.70 Å². The van der Waals surface area contributed by atoms with Gasteiger partial charge in [0.2, 0.25) is 0 Å². The maximum atomic E-state index is 10.9. The Labute approximate surface area is 95.3 Å². The molecule has 5 nitrogen and oxygen atoms in total. The van der Waals surface area contributed by atoms with Crippen LogP contribution in [0.5, 0.6) is 0 Å². The molecule has 0 aliphatic carbocycles. The minimum atomic E-state index is -0.350. The molecule has 0 atom stereocenters. The lowest BCUT2D eigenvalue weighted by Crippen LogP contribution is -2.43. The molecule has 16 heavy (non-hydrogen) atoms. The zero-order valence-electron chi connectivity index (χ0n) is 9.48. The highest BCUT2D eigenvalue weighted by molar-refractivity contribution is 5.27. The van der Waals surface area contributed by atoms with Crippen LogP contribution in [0.15, 0.2) is 36.2 Å². The van der Waals surface area contributed by atoms with Crippen molar-refractivity contribution in [3.63, 3.8) is 0 Å². The van der Waals surface area contributed by atoms with E-state index in [1.165, 1.54) is 6.08 Å². The third-order valence-corrected chi connectivity index (χ3v) is 2.47. The van der Waals surface area contributed by atoms with Gasteiger partial charge in [0.1, 0.15) is 5.70 Å². The van der Waals surface area contributed by atoms with Crippen molar-refractivity contribution in [3.8, 4) is 0 Å². The molecule has 1 aliphatic heterocycles. The van der Waals surface area contributed by atoms with Crippen molar-refractivity contribution < 1.29 is 4.92 Å². The fourth-order valence-corrected chi connectivity index (χ4v) is 1.72. The Balaban J connectivity index is 2.93. The van der Waals surface area contributed by atoms with Crippen LogP contribution < -0.4 is 5.32 Å². The van der Waals surface area contributed by atoms with Gasteiger partial charge in [-0.25, -0.2) is 0 Å². The van der Waals surface area contributed by atoms with Crippen LogP contribution in [0.2, 0.25) is 0 Å². The fourth-order valence-electron chi connectivity index (χ4n) is 1.72. The third-order valence-electron chi connectivity index (χ3n) is 2.47. The van der Waals surface area contributed by atoms with Crippen LogP contribution in [0.25, 0.3) is 0 Å². The van der Waals surface area contributed by atoms with Crippen LogP contribution in [0, 0.1) is 10.1 Å². The molecule has 0 saturated carbocycles. The lowest BCUT2D eigenvalue weighted by Gasteiger charge is -2.30. The van der Waals surface area contributed by atoms with E-state index in [9.17, 15) is 10.1 Å². The zero-order chi connectivity index (χ0) is 12.0. The van der Waals surface area contributed by atoms with Gasteiger partial charge >= 0.3 is 0 Å². The maximum Gasteiger partial charge on any atom is 0.288 e. The van der Waals surface area contributed by atoms with Gasteiger partial charge in [-0.2, -0.15) is 0 Å². The van der Waals surface area contributed by atoms with Crippen molar-refractivity contribution in [1.29, 1.82) is 0 Å². The molecule has 5 heteroatoms. The number of piperazine rings is 1. The first-order valence-corrected chi connectivity index (χ1v) is 5.30. The molecule has 1 saturated heterocycles. The van der Waals surface area contributed by atoms with E-state index < -0.39 is 0 Å². The van der Waals surface area contributed by atoms with E-state index in [0.717, 1.165) is 26.2 Å². The molecular formula is C11H17N3O2. The molecule has 0 radical (unpaired) electrons. The average molecular weight is 223 g/mol. The molecule has 0 aromatic rings. The van der Waals surface area contributed by atoms with E-state index in [-0.39, 0.29) is 10.6 Å². The zero-order valence-corrected chi connectivity index (χ0v) is 9.48. The van der Waals surface area contributed by atoms with Gasteiger partial charge in [-0.05, 0) is 19.1 Å². The number of hydrogen-bond acceptors (Lipinski definition) is 4. The number of rotatable bonds is 4. The van der Waals surface area contributed by atoms with Gasteiger partial charge in [0, 0.05) is 26.2 Å². The van der Waals surface area contributed by atoms with Crippen LogP contribution in [0.3, 0.4) is 0 Å². The smallest absolute Gasteiger partial charge is 0.288 e. The molecule has 1 aliphatic rings. The second kappa shape index (κ2) is 6.07. The molecule has 0 unspecified atom stereocenters. The molecule has 0 aromatic carbocycles. The van der Waals surface area contributed by atoms with Crippen molar-refractivity contribution in [2.75, 3.05) is 26.2 Å². The summed E-state index contributed by atoms with van der Waals surface area (Å²) in [4.78, 5) is 12.6. The highest BCUT2D eigenvalue weighted by Gasteiger charge is 2.22. The number of nitrogens with zero attached hydrogens (tertiary/aromatic N) is 2. The quantitative estimate of drug-likeness (QED) is 0.441. The molecule has 1 rings (SSSR count). The predicted octanol–water partition coefficient (Wildman–Crippen LogP) is 1.14. The van der Waals surface area contributed by atoms with Crippen molar-refractivity contribution in [2.45, 2.75) is 6.92 Å². The number of hydrogen-bond donors (Lipinski definition) is 1. The van der Waals surface area contributed by atoms with E-state index in [1.54, 1.807) is 19.1 Å². The van der Waals surface area contributed by atoms with Gasteiger partial charge in [-0.3, -0.25) is 10.1 Å². The van der Waals surface area contributed by atoms with Crippen LogP contribution in [-0.4, -0.2) is 36.0 Å². The summed E-state index contributed by atoms with van der Waals surface area (Å²) in [5.74, 6) is 0. The average Bonchev–Trinajstić information content (AvgIpc) is 2.29. The summed E-state index contributed by atoms with van der Waals surface area (Å²) in [5.41, 5.74) is 0.783. The summed E-state index contributed by atoms with van der Waals surface area (Å²) in [6, 6.07) is 0. The van der Waals surface area contributed by atoms with Crippen molar-refractivity contribution in [3.05, 3.63) is 46.3 Å². The number of allylic oxidation sites excluding steroid dienone is 3. The minimum Gasteiger partial charge on any atom is -0.363 e. The Hall–Kier alpha value is -1.62. The molecule has 1 N–H and O–H groups in total. The highest BCUT2D eigenvalue weighted by Crippen LogP contribution is 2.16. The topological polar surface area (TPSA) is 58.4 Å². The Bertz CT molecular complexity index is 328. The Morgan fingerprint density at radius 1 is 1.50 bits per heavy atom. The summed E-state index contributed by atoms with van der Waals surface area (Å²) in [6.07, 6.45) is 4.81. The van der Waals surface area contributed by atoms with E-state index >= 15 is 0 Å². The normalized spacial score (nSPS) is 18.4. The lowest BCUT2D eigenvalue weighted by molar-refractivity contribution is -0.422. The Morgan fingerprint density at radius 2 is 2.12 bits per heavy atom. The van der Waals surface area contributed by atoms with Gasteiger partial charge in [0.05, 0.1) is 4.92 Å². The monoisotopic (exact) mass is 223 g/mol. The highest BCUT2D eigenvalue weighted by atomic mass is 16.6. The van der Waals surface area contributed by atoms with Gasteiger partial charge < -0.3 is 10.2 Å². The molecule has 0 amide bonds. The van der Waals surface area contributed by atoms with Crippen LogP contribution in [-0.2, 0) is 0 Å². The van der Waals surface area contributed by atoms with Gasteiger partial charge in [0.15, 0.2) is 0 Å². The summed E-state index contributed by atoms with van der Waals surface area (Å²) >= 11 is 0. The third kappa shape index (κ3) is 2.93. The molecule has 1 heterocycles. The van der Waals surface area contributed by atoms with Crippen molar-refractivity contribution in [2.24, 2.45) is 0 Å². The first-order chi connectivity index (χ1) is 7.70. The maximum absolute atomic E-state index is 10.9. The van der Waals surface area contributed by atoms with Gasteiger partial charge in [0.25, 0.3) is 5.70 Å².